The molecule has 17 heavy (non-hydrogen) atoms. The van der Waals surface area contributed by atoms with Crippen LogP contribution in [0.25, 0.3) is 0 Å². The van der Waals surface area contributed by atoms with E-state index >= 15 is 0 Å². The standard InChI is InChI=1S/C13H15FN2O/c1-13(2)6-3-4-8-16(13)12(17)10-5-7-15-11(14)9-10/h3-5,7,9H,6,8H2,1-2H3. The predicted octanol–water partition coefficient (Wildman–Crippen LogP) is 2.40. The van der Waals surface area contributed by atoms with E-state index < -0.39 is 5.95 Å². The van der Waals surface area contributed by atoms with Crippen molar-refractivity contribution in [2.24, 2.45) is 0 Å². The number of amides is 1. The SMILES string of the molecule is CC1(C)CC=CCN1C(=O)c1ccnc(F)c1. The van der Waals surface area contributed by atoms with Crippen molar-refractivity contribution < 1.29 is 9.18 Å². The minimum Gasteiger partial charge on any atom is -0.329 e. The number of carbonyl (C=O) groups is 1. The molecule has 3 nitrogen and oxygen atoms in total. The number of hydrogen-bond acceptors (Lipinski definition) is 2. The van der Waals surface area contributed by atoms with Gasteiger partial charge in [0.15, 0.2) is 0 Å². The molecular weight excluding hydrogens is 219 g/mol. The number of rotatable bonds is 1. The Morgan fingerprint density at radius 1 is 1.47 bits per heavy atom. The van der Waals surface area contributed by atoms with Crippen LogP contribution < -0.4 is 0 Å². The molecule has 0 bridgehead atoms. The normalized spacial score (nSPS) is 18.2. The minimum atomic E-state index is -0.624. The fraction of sp³-hybridized carbons (Fsp3) is 0.385. The second-order valence-electron chi connectivity index (χ2n) is 4.77. The van der Waals surface area contributed by atoms with Gasteiger partial charge in [0, 0.05) is 29.9 Å². The second kappa shape index (κ2) is 4.28. The molecule has 1 amide bonds. The van der Waals surface area contributed by atoms with Gasteiger partial charge in [-0.1, -0.05) is 12.2 Å². The number of hydrogen-bond donors (Lipinski definition) is 0. The molecule has 0 spiro atoms. The van der Waals surface area contributed by atoms with Crippen molar-refractivity contribution in [1.82, 2.24) is 9.88 Å². The number of aromatic nitrogens is 1. The Morgan fingerprint density at radius 3 is 2.88 bits per heavy atom. The average Bonchev–Trinajstić information content (AvgIpc) is 2.27. The molecule has 0 radical (unpaired) electrons. The first-order chi connectivity index (χ1) is 8.00. The Labute approximate surface area is 100.0 Å². The molecule has 1 aliphatic heterocycles. The Bertz CT molecular complexity index is 468. The molecule has 1 aromatic rings. The predicted molar refractivity (Wildman–Crippen MR) is 63.1 cm³/mol. The third kappa shape index (κ3) is 2.35. The van der Waals surface area contributed by atoms with Crippen LogP contribution in [0, 0.1) is 5.95 Å². The van der Waals surface area contributed by atoms with Crippen molar-refractivity contribution in [1.29, 1.82) is 0 Å². The van der Waals surface area contributed by atoms with Gasteiger partial charge in [-0.25, -0.2) is 4.98 Å². The van der Waals surface area contributed by atoms with Crippen LogP contribution in [0.5, 0.6) is 0 Å². The lowest BCUT2D eigenvalue weighted by molar-refractivity contribution is 0.0571. The van der Waals surface area contributed by atoms with Crippen molar-refractivity contribution >= 4 is 5.91 Å². The summed E-state index contributed by atoms with van der Waals surface area (Å²) in [5, 5.41) is 0. The molecule has 2 rings (SSSR count). The summed E-state index contributed by atoms with van der Waals surface area (Å²) in [7, 11) is 0. The molecule has 1 aliphatic rings. The van der Waals surface area contributed by atoms with E-state index in [1.807, 2.05) is 19.9 Å². The average molecular weight is 234 g/mol. The van der Waals surface area contributed by atoms with Crippen molar-refractivity contribution in [2.75, 3.05) is 6.54 Å². The number of nitrogens with zero attached hydrogens (tertiary/aromatic N) is 2. The third-order valence-corrected chi connectivity index (χ3v) is 3.02. The van der Waals surface area contributed by atoms with Crippen LogP contribution >= 0.6 is 0 Å². The van der Waals surface area contributed by atoms with E-state index in [-0.39, 0.29) is 11.4 Å². The summed E-state index contributed by atoms with van der Waals surface area (Å²) in [5.74, 6) is -0.776. The van der Waals surface area contributed by atoms with Crippen molar-refractivity contribution in [3.8, 4) is 0 Å². The molecule has 0 aromatic carbocycles. The van der Waals surface area contributed by atoms with Crippen molar-refractivity contribution in [3.63, 3.8) is 0 Å². The van der Waals surface area contributed by atoms with E-state index in [2.05, 4.69) is 11.1 Å². The Hall–Kier alpha value is -1.71. The smallest absolute Gasteiger partial charge is 0.254 e. The van der Waals surface area contributed by atoms with E-state index in [0.29, 0.717) is 12.1 Å². The van der Waals surface area contributed by atoms with Gasteiger partial charge in [0.1, 0.15) is 0 Å². The van der Waals surface area contributed by atoms with E-state index in [9.17, 15) is 9.18 Å². The van der Waals surface area contributed by atoms with Gasteiger partial charge in [0.25, 0.3) is 5.91 Å². The monoisotopic (exact) mass is 234 g/mol. The maximum Gasteiger partial charge on any atom is 0.254 e. The van der Waals surface area contributed by atoms with Crippen molar-refractivity contribution in [2.45, 2.75) is 25.8 Å². The lowest BCUT2D eigenvalue weighted by atomic mass is 9.94. The zero-order valence-electron chi connectivity index (χ0n) is 9.98. The molecule has 0 saturated heterocycles. The molecule has 4 heteroatoms. The van der Waals surface area contributed by atoms with Crippen LogP contribution in [-0.4, -0.2) is 27.9 Å². The lowest BCUT2D eigenvalue weighted by Crippen LogP contribution is -2.49. The Balaban J connectivity index is 2.28. The summed E-state index contributed by atoms with van der Waals surface area (Å²) in [6.45, 7) is 4.58. The zero-order valence-corrected chi connectivity index (χ0v) is 9.98. The summed E-state index contributed by atoms with van der Waals surface area (Å²) in [6, 6.07) is 2.72. The first-order valence-corrected chi connectivity index (χ1v) is 5.59. The highest BCUT2D eigenvalue weighted by Gasteiger charge is 2.31. The fourth-order valence-electron chi connectivity index (χ4n) is 1.96. The maximum absolute atomic E-state index is 13.0. The van der Waals surface area contributed by atoms with Crippen LogP contribution in [-0.2, 0) is 0 Å². The topological polar surface area (TPSA) is 33.2 Å². The molecule has 0 saturated carbocycles. The molecule has 0 N–H and O–H groups in total. The summed E-state index contributed by atoms with van der Waals surface area (Å²) >= 11 is 0. The van der Waals surface area contributed by atoms with Gasteiger partial charge in [-0.15, -0.1) is 0 Å². The Kier molecular flexibility index (Phi) is 2.96. The molecule has 0 atom stereocenters. The summed E-state index contributed by atoms with van der Waals surface area (Å²) < 4.78 is 13.0. The van der Waals surface area contributed by atoms with Crippen LogP contribution in [0.1, 0.15) is 30.6 Å². The van der Waals surface area contributed by atoms with Gasteiger partial charge < -0.3 is 4.90 Å². The molecule has 0 fully saturated rings. The van der Waals surface area contributed by atoms with Crippen LogP contribution in [0.2, 0.25) is 0 Å². The maximum atomic E-state index is 13.0. The number of pyridine rings is 1. The third-order valence-electron chi connectivity index (χ3n) is 3.02. The lowest BCUT2D eigenvalue weighted by Gasteiger charge is -2.40. The molecule has 0 unspecified atom stereocenters. The van der Waals surface area contributed by atoms with Crippen LogP contribution in [0.4, 0.5) is 4.39 Å². The van der Waals surface area contributed by atoms with E-state index in [0.717, 1.165) is 6.42 Å². The molecular formula is C13H15FN2O. The first kappa shape index (κ1) is 11.8. The van der Waals surface area contributed by atoms with E-state index in [1.54, 1.807) is 11.0 Å². The summed E-state index contributed by atoms with van der Waals surface area (Å²) in [5.41, 5.74) is 0.117. The highest BCUT2D eigenvalue weighted by Crippen LogP contribution is 2.25. The van der Waals surface area contributed by atoms with Crippen LogP contribution in [0.15, 0.2) is 30.5 Å². The number of carbonyl (C=O) groups excluding carboxylic acids is 1. The van der Waals surface area contributed by atoms with Gasteiger partial charge in [-0.2, -0.15) is 4.39 Å². The van der Waals surface area contributed by atoms with Crippen molar-refractivity contribution in [3.05, 3.63) is 42.0 Å². The van der Waals surface area contributed by atoms with Gasteiger partial charge in [-0.3, -0.25) is 4.79 Å². The molecule has 90 valence electrons. The second-order valence-corrected chi connectivity index (χ2v) is 4.77. The zero-order chi connectivity index (χ0) is 12.5. The van der Waals surface area contributed by atoms with Crippen LogP contribution in [0.3, 0.4) is 0 Å². The van der Waals surface area contributed by atoms with Gasteiger partial charge in [-0.05, 0) is 26.3 Å². The summed E-state index contributed by atoms with van der Waals surface area (Å²) in [4.78, 5) is 17.5. The number of halogens is 1. The molecule has 0 aliphatic carbocycles. The first-order valence-electron chi connectivity index (χ1n) is 5.59. The highest BCUT2D eigenvalue weighted by molar-refractivity contribution is 5.94. The molecule has 2 heterocycles. The van der Waals surface area contributed by atoms with Gasteiger partial charge in [0.2, 0.25) is 5.95 Å². The van der Waals surface area contributed by atoms with Gasteiger partial charge in [0.05, 0.1) is 0 Å². The van der Waals surface area contributed by atoms with E-state index in [1.165, 1.54) is 12.3 Å². The Morgan fingerprint density at radius 2 is 2.24 bits per heavy atom. The minimum absolute atomic E-state index is 0.152. The quantitative estimate of drug-likeness (QED) is 0.552. The van der Waals surface area contributed by atoms with E-state index in [4.69, 9.17) is 0 Å². The molecule has 1 aromatic heterocycles. The van der Waals surface area contributed by atoms with Gasteiger partial charge >= 0.3 is 0 Å². The largest absolute Gasteiger partial charge is 0.329 e. The fourth-order valence-corrected chi connectivity index (χ4v) is 1.96. The highest BCUT2D eigenvalue weighted by atomic mass is 19.1. The summed E-state index contributed by atoms with van der Waals surface area (Å²) in [6.07, 6.45) is 6.15.